The van der Waals surface area contributed by atoms with Gasteiger partial charge < -0.3 is 14.5 Å². The fourth-order valence-corrected chi connectivity index (χ4v) is 3.70. The van der Waals surface area contributed by atoms with Crippen molar-refractivity contribution < 1.29 is 14.3 Å². The lowest BCUT2D eigenvalue weighted by molar-refractivity contribution is -0.152. The maximum absolute atomic E-state index is 12.8. The molecular weight excluding hydrogens is 320 g/mol. The van der Waals surface area contributed by atoms with Gasteiger partial charge in [-0.15, -0.1) is 0 Å². The first-order valence-electron chi connectivity index (χ1n) is 9.15. The van der Waals surface area contributed by atoms with Gasteiger partial charge in [-0.2, -0.15) is 0 Å². The van der Waals surface area contributed by atoms with Crippen LogP contribution in [0.3, 0.4) is 0 Å². The van der Waals surface area contributed by atoms with Crippen LogP contribution in [0.5, 0.6) is 0 Å². The maximum atomic E-state index is 12.8. The van der Waals surface area contributed by atoms with Crippen molar-refractivity contribution in [3.05, 3.63) is 18.6 Å². The summed E-state index contributed by atoms with van der Waals surface area (Å²) in [5, 5.41) is 0. The summed E-state index contributed by atoms with van der Waals surface area (Å²) in [5.41, 5.74) is 0. The number of piperidine rings is 2. The first kappa shape index (κ1) is 17.6. The van der Waals surface area contributed by atoms with Crippen LogP contribution in [0.1, 0.15) is 32.6 Å². The Kier molecular flexibility index (Phi) is 5.83. The van der Waals surface area contributed by atoms with Gasteiger partial charge in [0.2, 0.25) is 5.91 Å². The molecule has 0 aromatic carbocycles. The van der Waals surface area contributed by atoms with Crippen molar-refractivity contribution in [2.24, 2.45) is 11.8 Å². The molecule has 3 rings (SSSR count). The summed E-state index contributed by atoms with van der Waals surface area (Å²) in [6, 6.07) is 0. The van der Waals surface area contributed by atoms with Crippen LogP contribution in [0.25, 0.3) is 0 Å². The Labute approximate surface area is 148 Å². The highest BCUT2D eigenvalue weighted by atomic mass is 16.5. The Morgan fingerprint density at radius 2 is 1.96 bits per heavy atom. The molecule has 1 unspecified atom stereocenters. The summed E-state index contributed by atoms with van der Waals surface area (Å²) >= 11 is 0. The topological polar surface area (TPSA) is 75.6 Å². The molecule has 0 saturated carbocycles. The number of amides is 1. The molecule has 0 spiro atoms. The summed E-state index contributed by atoms with van der Waals surface area (Å²) in [4.78, 5) is 37.3. The van der Waals surface area contributed by atoms with Crippen molar-refractivity contribution in [2.45, 2.75) is 32.6 Å². The van der Waals surface area contributed by atoms with Crippen LogP contribution < -0.4 is 4.90 Å². The molecule has 136 valence electrons. The minimum atomic E-state index is -0.169. The predicted octanol–water partition coefficient (Wildman–Crippen LogP) is 1.49. The highest BCUT2D eigenvalue weighted by Crippen LogP contribution is 2.26. The zero-order chi connectivity index (χ0) is 17.6. The average molecular weight is 346 g/mol. The molecular formula is C18H26N4O3. The summed E-state index contributed by atoms with van der Waals surface area (Å²) < 4.78 is 5.12. The number of likely N-dealkylation sites (tertiary alicyclic amines) is 1. The van der Waals surface area contributed by atoms with Gasteiger partial charge >= 0.3 is 5.97 Å². The third kappa shape index (κ3) is 4.27. The summed E-state index contributed by atoms with van der Waals surface area (Å²) in [6.45, 7) is 5.08. The molecule has 2 saturated heterocycles. The van der Waals surface area contributed by atoms with E-state index in [-0.39, 0.29) is 23.7 Å². The second kappa shape index (κ2) is 8.27. The second-order valence-corrected chi connectivity index (χ2v) is 6.70. The fourth-order valence-electron chi connectivity index (χ4n) is 3.70. The molecule has 1 atom stereocenters. The van der Waals surface area contributed by atoms with Gasteiger partial charge in [-0.1, -0.05) is 0 Å². The number of hydrogen-bond donors (Lipinski definition) is 0. The van der Waals surface area contributed by atoms with Crippen molar-refractivity contribution in [1.29, 1.82) is 0 Å². The molecule has 0 N–H and O–H groups in total. The molecule has 0 aliphatic carbocycles. The lowest BCUT2D eigenvalue weighted by Crippen LogP contribution is -2.47. The van der Waals surface area contributed by atoms with Crippen molar-refractivity contribution in [2.75, 3.05) is 37.7 Å². The monoisotopic (exact) mass is 346 g/mol. The molecule has 2 aliphatic heterocycles. The zero-order valence-corrected chi connectivity index (χ0v) is 14.8. The van der Waals surface area contributed by atoms with Crippen LogP contribution in [-0.2, 0) is 14.3 Å². The molecule has 7 nitrogen and oxygen atoms in total. The minimum absolute atomic E-state index is 0.0360. The minimum Gasteiger partial charge on any atom is -0.466 e. The number of carbonyl (C=O) groups excluding carboxylic acids is 2. The van der Waals surface area contributed by atoms with E-state index in [0.29, 0.717) is 13.2 Å². The molecule has 2 aliphatic rings. The number of anilines is 1. The Bertz CT molecular complexity index is 587. The highest BCUT2D eigenvalue weighted by Gasteiger charge is 2.34. The van der Waals surface area contributed by atoms with Gasteiger partial charge in [0.15, 0.2) is 0 Å². The molecule has 1 aromatic rings. The molecule has 0 radical (unpaired) electrons. The van der Waals surface area contributed by atoms with E-state index < -0.39 is 0 Å². The van der Waals surface area contributed by atoms with Crippen molar-refractivity contribution in [1.82, 2.24) is 14.9 Å². The van der Waals surface area contributed by atoms with Crippen LogP contribution in [0.2, 0.25) is 0 Å². The SMILES string of the molecule is CCOC(=O)C1CCCN(C(=O)C2CCN(c3cnccn3)CC2)C1. The zero-order valence-electron chi connectivity index (χ0n) is 14.8. The van der Waals surface area contributed by atoms with Crippen molar-refractivity contribution in [3.63, 3.8) is 0 Å². The Hall–Kier alpha value is -2.18. The van der Waals surface area contributed by atoms with E-state index in [1.807, 2.05) is 11.8 Å². The third-order valence-electron chi connectivity index (χ3n) is 5.07. The van der Waals surface area contributed by atoms with Gasteiger partial charge in [-0.3, -0.25) is 14.6 Å². The van der Waals surface area contributed by atoms with Gasteiger partial charge in [0.1, 0.15) is 5.82 Å². The first-order chi connectivity index (χ1) is 12.2. The Balaban J connectivity index is 1.53. The van der Waals surface area contributed by atoms with E-state index >= 15 is 0 Å². The van der Waals surface area contributed by atoms with E-state index in [4.69, 9.17) is 4.74 Å². The van der Waals surface area contributed by atoms with Crippen molar-refractivity contribution >= 4 is 17.7 Å². The Morgan fingerprint density at radius 3 is 2.64 bits per heavy atom. The molecule has 0 bridgehead atoms. The lowest BCUT2D eigenvalue weighted by Gasteiger charge is -2.37. The summed E-state index contributed by atoms with van der Waals surface area (Å²) in [7, 11) is 0. The smallest absolute Gasteiger partial charge is 0.310 e. The van der Waals surface area contributed by atoms with Crippen LogP contribution >= 0.6 is 0 Å². The van der Waals surface area contributed by atoms with E-state index in [1.165, 1.54) is 0 Å². The number of aromatic nitrogens is 2. The number of ether oxygens (including phenoxy) is 1. The summed E-state index contributed by atoms with van der Waals surface area (Å²) in [5.74, 6) is 0.755. The molecule has 7 heteroatoms. The molecule has 1 amide bonds. The van der Waals surface area contributed by atoms with Gasteiger partial charge in [0.25, 0.3) is 0 Å². The van der Waals surface area contributed by atoms with Gasteiger partial charge in [-0.05, 0) is 32.6 Å². The van der Waals surface area contributed by atoms with Gasteiger partial charge in [0, 0.05) is 44.5 Å². The number of esters is 1. The molecule has 25 heavy (non-hydrogen) atoms. The molecule has 1 aromatic heterocycles. The van der Waals surface area contributed by atoms with Crippen LogP contribution in [-0.4, -0.2) is 59.5 Å². The third-order valence-corrected chi connectivity index (χ3v) is 5.07. The van der Waals surface area contributed by atoms with Crippen molar-refractivity contribution in [3.8, 4) is 0 Å². The highest BCUT2D eigenvalue weighted by molar-refractivity contribution is 5.80. The standard InChI is InChI=1S/C18H26N4O3/c1-2-25-18(24)15-4-3-9-22(13-15)17(23)14-5-10-21(11-6-14)16-12-19-7-8-20-16/h7-8,12,14-15H,2-6,9-11,13H2,1H3. The first-order valence-corrected chi connectivity index (χ1v) is 9.15. The normalized spacial score (nSPS) is 21.9. The summed E-state index contributed by atoms with van der Waals surface area (Å²) in [6.07, 6.45) is 8.43. The van der Waals surface area contributed by atoms with Gasteiger partial charge in [-0.25, -0.2) is 4.98 Å². The van der Waals surface area contributed by atoms with E-state index in [9.17, 15) is 9.59 Å². The predicted molar refractivity (Wildman–Crippen MR) is 92.9 cm³/mol. The Morgan fingerprint density at radius 1 is 1.16 bits per heavy atom. The largest absolute Gasteiger partial charge is 0.466 e. The molecule has 2 fully saturated rings. The fraction of sp³-hybridized carbons (Fsp3) is 0.667. The number of hydrogen-bond acceptors (Lipinski definition) is 6. The van der Waals surface area contributed by atoms with E-state index in [0.717, 1.165) is 51.1 Å². The maximum Gasteiger partial charge on any atom is 0.310 e. The quantitative estimate of drug-likeness (QED) is 0.769. The second-order valence-electron chi connectivity index (χ2n) is 6.70. The molecule has 3 heterocycles. The van der Waals surface area contributed by atoms with Crippen LogP contribution in [0.4, 0.5) is 5.82 Å². The van der Waals surface area contributed by atoms with Crippen LogP contribution in [0, 0.1) is 11.8 Å². The number of carbonyl (C=O) groups is 2. The average Bonchev–Trinajstić information content (AvgIpc) is 2.68. The number of nitrogens with zero attached hydrogens (tertiary/aromatic N) is 4. The van der Waals surface area contributed by atoms with E-state index in [2.05, 4.69) is 14.9 Å². The van der Waals surface area contributed by atoms with Crippen LogP contribution in [0.15, 0.2) is 18.6 Å². The number of rotatable bonds is 4. The lowest BCUT2D eigenvalue weighted by atomic mass is 9.92. The van der Waals surface area contributed by atoms with Gasteiger partial charge in [0.05, 0.1) is 18.7 Å². The van der Waals surface area contributed by atoms with E-state index in [1.54, 1.807) is 18.6 Å².